The van der Waals surface area contributed by atoms with Crippen molar-refractivity contribution >= 4 is 11.6 Å². The zero-order valence-electron chi connectivity index (χ0n) is 12.7. The van der Waals surface area contributed by atoms with Crippen molar-refractivity contribution in [1.82, 2.24) is 4.98 Å². The Balaban J connectivity index is 2.35. The van der Waals surface area contributed by atoms with Crippen molar-refractivity contribution in [2.45, 2.75) is 45.8 Å². The number of hydrogen-bond acceptors (Lipinski definition) is 3. The zero-order chi connectivity index (χ0) is 15.6. The van der Waals surface area contributed by atoms with Gasteiger partial charge in [0.2, 0.25) is 0 Å². The second-order valence-corrected chi connectivity index (χ2v) is 5.80. The van der Waals surface area contributed by atoms with Crippen molar-refractivity contribution in [2.75, 3.05) is 23.3 Å². The summed E-state index contributed by atoms with van der Waals surface area (Å²) in [5.74, 6) is 1.31. The third kappa shape index (κ3) is 3.80. The Morgan fingerprint density at radius 2 is 2.05 bits per heavy atom. The van der Waals surface area contributed by atoms with Crippen LogP contribution in [0, 0.1) is 5.92 Å². The van der Waals surface area contributed by atoms with Crippen LogP contribution in [-0.4, -0.2) is 24.1 Å². The van der Waals surface area contributed by atoms with Crippen molar-refractivity contribution in [3.63, 3.8) is 0 Å². The van der Waals surface area contributed by atoms with Crippen LogP contribution in [0.3, 0.4) is 0 Å². The number of alkyl halides is 3. The fourth-order valence-electron chi connectivity index (χ4n) is 2.85. The summed E-state index contributed by atoms with van der Waals surface area (Å²) < 4.78 is 39.1. The molecule has 1 aliphatic heterocycles. The van der Waals surface area contributed by atoms with E-state index in [2.05, 4.69) is 17.2 Å². The van der Waals surface area contributed by atoms with E-state index in [0.29, 0.717) is 18.3 Å². The lowest BCUT2D eigenvalue weighted by atomic mass is 9.93. The first-order valence-electron chi connectivity index (χ1n) is 7.41. The van der Waals surface area contributed by atoms with E-state index in [0.717, 1.165) is 31.5 Å². The summed E-state index contributed by atoms with van der Waals surface area (Å²) >= 11 is 0. The van der Waals surface area contributed by atoms with Crippen molar-refractivity contribution < 1.29 is 13.2 Å². The SMILES string of the molecule is CCNc1cc(C(F)(F)F)cc(N2CCC(C)CC2C)n1. The number of piperidine rings is 1. The van der Waals surface area contributed by atoms with Gasteiger partial charge in [0.15, 0.2) is 0 Å². The predicted octanol–water partition coefficient (Wildman–Crippen LogP) is 4.16. The minimum atomic E-state index is -4.35. The highest BCUT2D eigenvalue weighted by molar-refractivity contribution is 5.52. The predicted molar refractivity (Wildman–Crippen MR) is 78.6 cm³/mol. The molecule has 0 aliphatic carbocycles. The normalized spacial score (nSPS) is 23.2. The number of aromatic nitrogens is 1. The van der Waals surface area contributed by atoms with Crippen LogP contribution < -0.4 is 10.2 Å². The molecule has 118 valence electrons. The van der Waals surface area contributed by atoms with Crippen molar-refractivity contribution in [3.8, 4) is 0 Å². The number of rotatable bonds is 3. The average molecular weight is 301 g/mol. The molecule has 1 N–H and O–H groups in total. The molecule has 6 heteroatoms. The first-order chi connectivity index (χ1) is 9.81. The summed E-state index contributed by atoms with van der Waals surface area (Å²) in [5, 5.41) is 2.89. The fraction of sp³-hybridized carbons (Fsp3) is 0.667. The molecule has 1 fully saturated rings. The molecule has 3 nitrogen and oxygen atoms in total. The van der Waals surface area contributed by atoms with Gasteiger partial charge in [0.05, 0.1) is 5.56 Å². The van der Waals surface area contributed by atoms with Crippen LogP contribution in [0.4, 0.5) is 24.8 Å². The number of pyridine rings is 1. The van der Waals surface area contributed by atoms with Gasteiger partial charge < -0.3 is 10.2 Å². The lowest BCUT2D eigenvalue weighted by molar-refractivity contribution is -0.137. The van der Waals surface area contributed by atoms with Crippen LogP contribution in [0.25, 0.3) is 0 Å². The van der Waals surface area contributed by atoms with E-state index in [9.17, 15) is 13.2 Å². The summed E-state index contributed by atoms with van der Waals surface area (Å²) in [7, 11) is 0. The molecular weight excluding hydrogens is 279 g/mol. The quantitative estimate of drug-likeness (QED) is 0.908. The second kappa shape index (κ2) is 6.12. The summed E-state index contributed by atoms with van der Waals surface area (Å²) in [6.07, 6.45) is -2.39. The van der Waals surface area contributed by atoms with Gasteiger partial charge in [-0.1, -0.05) is 6.92 Å². The minimum Gasteiger partial charge on any atom is -0.370 e. The lowest BCUT2D eigenvalue weighted by Gasteiger charge is -2.37. The summed E-state index contributed by atoms with van der Waals surface area (Å²) in [6.45, 7) is 7.36. The molecule has 21 heavy (non-hydrogen) atoms. The van der Waals surface area contributed by atoms with Gasteiger partial charge in [-0.3, -0.25) is 0 Å². The molecule has 0 aromatic carbocycles. The first kappa shape index (κ1) is 15.9. The standard InChI is InChI=1S/C15H22F3N3/c1-4-19-13-8-12(15(16,17)18)9-14(20-13)21-6-5-10(2)7-11(21)3/h8-11H,4-7H2,1-3H3,(H,19,20). The van der Waals surface area contributed by atoms with E-state index in [-0.39, 0.29) is 11.9 Å². The molecule has 0 spiro atoms. The highest BCUT2D eigenvalue weighted by Gasteiger charge is 2.33. The van der Waals surface area contributed by atoms with Crippen LogP contribution in [0.15, 0.2) is 12.1 Å². The molecular formula is C15H22F3N3. The van der Waals surface area contributed by atoms with Crippen LogP contribution in [0.5, 0.6) is 0 Å². The monoisotopic (exact) mass is 301 g/mol. The third-order valence-corrected chi connectivity index (χ3v) is 3.93. The Labute approximate surface area is 123 Å². The number of hydrogen-bond donors (Lipinski definition) is 1. The highest BCUT2D eigenvalue weighted by atomic mass is 19.4. The molecule has 2 heterocycles. The maximum absolute atomic E-state index is 13.0. The van der Waals surface area contributed by atoms with E-state index >= 15 is 0 Å². The molecule has 1 aromatic heterocycles. The Morgan fingerprint density at radius 1 is 1.33 bits per heavy atom. The Hall–Kier alpha value is -1.46. The summed E-state index contributed by atoms with van der Waals surface area (Å²) in [5.41, 5.74) is -0.644. The topological polar surface area (TPSA) is 28.2 Å². The van der Waals surface area contributed by atoms with Crippen molar-refractivity contribution in [1.29, 1.82) is 0 Å². The van der Waals surface area contributed by atoms with Crippen molar-refractivity contribution in [2.24, 2.45) is 5.92 Å². The average Bonchev–Trinajstić information content (AvgIpc) is 2.37. The van der Waals surface area contributed by atoms with Gasteiger partial charge in [-0.15, -0.1) is 0 Å². The van der Waals surface area contributed by atoms with E-state index in [1.165, 1.54) is 0 Å². The molecule has 1 aliphatic rings. The number of nitrogens with zero attached hydrogens (tertiary/aromatic N) is 2. The Morgan fingerprint density at radius 3 is 2.62 bits per heavy atom. The molecule has 0 saturated carbocycles. The molecule has 2 atom stereocenters. The van der Waals surface area contributed by atoms with E-state index in [4.69, 9.17) is 0 Å². The summed E-state index contributed by atoms with van der Waals surface area (Å²) in [6, 6.07) is 2.44. The van der Waals surface area contributed by atoms with Gasteiger partial charge in [0.1, 0.15) is 11.6 Å². The number of halogens is 3. The maximum atomic E-state index is 13.0. The van der Waals surface area contributed by atoms with Gasteiger partial charge in [-0.05, 0) is 44.7 Å². The largest absolute Gasteiger partial charge is 0.416 e. The van der Waals surface area contributed by atoms with E-state index in [1.807, 2.05) is 18.7 Å². The lowest BCUT2D eigenvalue weighted by Crippen LogP contribution is -2.40. The van der Waals surface area contributed by atoms with Crippen LogP contribution in [0.1, 0.15) is 39.2 Å². The molecule has 0 radical (unpaired) electrons. The fourth-order valence-corrected chi connectivity index (χ4v) is 2.85. The second-order valence-electron chi connectivity index (χ2n) is 5.80. The van der Waals surface area contributed by atoms with Crippen LogP contribution in [0.2, 0.25) is 0 Å². The Bertz CT molecular complexity index is 488. The smallest absolute Gasteiger partial charge is 0.370 e. The molecule has 0 bridgehead atoms. The molecule has 2 unspecified atom stereocenters. The van der Waals surface area contributed by atoms with Crippen molar-refractivity contribution in [3.05, 3.63) is 17.7 Å². The molecule has 2 rings (SSSR count). The van der Waals surface area contributed by atoms with Gasteiger partial charge in [0.25, 0.3) is 0 Å². The van der Waals surface area contributed by atoms with Crippen LogP contribution in [-0.2, 0) is 6.18 Å². The van der Waals surface area contributed by atoms with Gasteiger partial charge in [-0.2, -0.15) is 13.2 Å². The Kier molecular flexibility index (Phi) is 4.64. The van der Waals surface area contributed by atoms with Gasteiger partial charge in [0, 0.05) is 19.1 Å². The number of anilines is 2. The van der Waals surface area contributed by atoms with E-state index in [1.54, 1.807) is 0 Å². The maximum Gasteiger partial charge on any atom is 0.416 e. The summed E-state index contributed by atoms with van der Waals surface area (Å²) in [4.78, 5) is 6.33. The highest BCUT2D eigenvalue weighted by Crippen LogP contribution is 2.35. The minimum absolute atomic E-state index is 0.208. The van der Waals surface area contributed by atoms with Gasteiger partial charge in [-0.25, -0.2) is 4.98 Å². The van der Waals surface area contributed by atoms with Crippen LogP contribution >= 0.6 is 0 Å². The van der Waals surface area contributed by atoms with Gasteiger partial charge >= 0.3 is 6.18 Å². The number of nitrogens with one attached hydrogen (secondary N) is 1. The molecule has 1 saturated heterocycles. The molecule has 0 amide bonds. The molecule has 1 aromatic rings. The zero-order valence-corrected chi connectivity index (χ0v) is 12.7. The van der Waals surface area contributed by atoms with E-state index < -0.39 is 11.7 Å². The first-order valence-corrected chi connectivity index (χ1v) is 7.41. The third-order valence-electron chi connectivity index (χ3n) is 3.93.